The zero-order chi connectivity index (χ0) is 16.9. The van der Waals surface area contributed by atoms with Gasteiger partial charge < -0.3 is 10.4 Å². The predicted molar refractivity (Wildman–Crippen MR) is 90.2 cm³/mol. The first kappa shape index (κ1) is 15.7. The second-order valence-corrected chi connectivity index (χ2v) is 5.19. The first-order valence-electron chi connectivity index (χ1n) is 6.95. The molecule has 2 aromatic carbocycles. The number of benzene rings is 2. The maximum absolute atomic E-state index is 11.2. The third-order valence-corrected chi connectivity index (χ3v) is 3.45. The molecule has 1 aromatic heterocycles. The molecule has 0 spiro atoms. The van der Waals surface area contributed by atoms with E-state index in [4.69, 9.17) is 16.7 Å². The van der Waals surface area contributed by atoms with Crippen molar-refractivity contribution in [3.8, 4) is 5.69 Å². The van der Waals surface area contributed by atoms with Crippen LogP contribution in [0.3, 0.4) is 0 Å². The van der Waals surface area contributed by atoms with Gasteiger partial charge in [-0.2, -0.15) is 4.68 Å². The van der Waals surface area contributed by atoms with Crippen molar-refractivity contribution >= 4 is 29.3 Å². The van der Waals surface area contributed by atoms with E-state index in [-0.39, 0.29) is 5.56 Å². The third kappa shape index (κ3) is 3.41. The fraction of sp³-hybridized carbons (Fsp3) is 0. The van der Waals surface area contributed by atoms with Crippen LogP contribution >= 0.6 is 11.6 Å². The van der Waals surface area contributed by atoms with E-state index in [9.17, 15) is 4.79 Å². The first-order chi connectivity index (χ1) is 11.6. The molecule has 0 atom stereocenters. The zero-order valence-electron chi connectivity index (χ0n) is 12.3. The number of carbonyl (C=O) groups is 1. The van der Waals surface area contributed by atoms with Crippen molar-refractivity contribution < 1.29 is 9.90 Å². The van der Waals surface area contributed by atoms with Crippen molar-refractivity contribution in [1.82, 2.24) is 20.2 Å². The monoisotopic (exact) mass is 341 g/mol. The number of nitrogens with one attached hydrogen (secondary N) is 1. The van der Waals surface area contributed by atoms with E-state index in [1.165, 1.54) is 10.7 Å². The van der Waals surface area contributed by atoms with Crippen LogP contribution in [0.4, 0.5) is 5.69 Å². The van der Waals surface area contributed by atoms with Crippen molar-refractivity contribution in [3.63, 3.8) is 0 Å². The molecule has 0 bridgehead atoms. The second-order valence-electron chi connectivity index (χ2n) is 4.75. The highest BCUT2D eigenvalue weighted by molar-refractivity contribution is 6.30. The van der Waals surface area contributed by atoms with Crippen LogP contribution in [0.5, 0.6) is 0 Å². The summed E-state index contributed by atoms with van der Waals surface area (Å²) >= 11 is 5.87. The maximum Gasteiger partial charge on any atom is 0.337 e. The second kappa shape index (κ2) is 6.93. The Hall–Kier alpha value is -3.19. The van der Waals surface area contributed by atoms with Gasteiger partial charge in [-0.1, -0.05) is 23.7 Å². The smallest absolute Gasteiger partial charge is 0.337 e. The number of anilines is 1. The van der Waals surface area contributed by atoms with Crippen molar-refractivity contribution in [2.24, 2.45) is 0 Å². The summed E-state index contributed by atoms with van der Waals surface area (Å²) in [5, 5.41) is 24.2. The molecule has 3 rings (SSSR count). The summed E-state index contributed by atoms with van der Waals surface area (Å²) in [7, 11) is 0. The summed E-state index contributed by atoms with van der Waals surface area (Å²) in [4.78, 5) is 11.2. The zero-order valence-corrected chi connectivity index (χ0v) is 13.1. The number of rotatable bonds is 5. The third-order valence-electron chi connectivity index (χ3n) is 3.19. The van der Waals surface area contributed by atoms with Crippen LogP contribution in [0.1, 0.15) is 16.2 Å². The molecule has 120 valence electrons. The summed E-state index contributed by atoms with van der Waals surface area (Å²) in [6.45, 7) is 0. The molecule has 0 amide bonds. The summed E-state index contributed by atoms with van der Waals surface area (Å²) in [5.41, 5.74) is 1.42. The van der Waals surface area contributed by atoms with Crippen molar-refractivity contribution in [2.75, 3.05) is 5.32 Å². The van der Waals surface area contributed by atoms with Crippen LogP contribution < -0.4 is 5.32 Å². The van der Waals surface area contributed by atoms with Gasteiger partial charge in [-0.05, 0) is 46.8 Å². The van der Waals surface area contributed by atoms with Gasteiger partial charge in [0.05, 0.1) is 16.9 Å². The average Bonchev–Trinajstić information content (AvgIpc) is 3.04. The lowest BCUT2D eigenvalue weighted by Crippen LogP contribution is -2.02. The quantitative estimate of drug-likeness (QED) is 0.740. The summed E-state index contributed by atoms with van der Waals surface area (Å²) in [5.74, 6) is -0.518. The van der Waals surface area contributed by atoms with Crippen molar-refractivity contribution in [1.29, 1.82) is 0 Å². The van der Waals surface area contributed by atoms with Crippen molar-refractivity contribution in [3.05, 3.63) is 71.1 Å². The average molecular weight is 342 g/mol. The Morgan fingerprint density at radius 2 is 1.92 bits per heavy atom. The minimum absolute atomic E-state index is 0.180. The molecule has 0 unspecified atom stereocenters. The minimum Gasteiger partial charge on any atom is -0.478 e. The highest BCUT2D eigenvalue weighted by Crippen LogP contribution is 2.16. The summed E-state index contributed by atoms with van der Waals surface area (Å²) in [6, 6.07) is 13.7. The van der Waals surface area contributed by atoms with E-state index in [1.807, 2.05) is 0 Å². The van der Waals surface area contributed by atoms with Gasteiger partial charge in [0.15, 0.2) is 5.82 Å². The van der Waals surface area contributed by atoms with Crippen molar-refractivity contribution in [2.45, 2.75) is 0 Å². The largest absolute Gasteiger partial charge is 0.478 e. The molecule has 8 heteroatoms. The summed E-state index contributed by atoms with van der Waals surface area (Å²) < 4.78 is 1.54. The van der Waals surface area contributed by atoms with Crippen LogP contribution in [0.25, 0.3) is 11.8 Å². The highest BCUT2D eigenvalue weighted by atomic mass is 35.5. The molecular formula is C16H12ClN5O2. The van der Waals surface area contributed by atoms with Gasteiger partial charge in [-0.15, -0.1) is 5.10 Å². The molecule has 7 nitrogen and oxygen atoms in total. The highest BCUT2D eigenvalue weighted by Gasteiger charge is 2.08. The van der Waals surface area contributed by atoms with Gasteiger partial charge in [0.2, 0.25) is 0 Å². The lowest BCUT2D eigenvalue weighted by Gasteiger charge is -2.05. The normalized spacial score (nSPS) is 10.9. The number of para-hydroxylation sites is 1. The van der Waals surface area contributed by atoms with Crippen LogP contribution in [-0.4, -0.2) is 31.3 Å². The first-order valence-corrected chi connectivity index (χ1v) is 7.32. The van der Waals surface area contributed by atoms with E-state index >= 15 is 0 Å². The lowest BCUT2D eigenvalue weighted by atomic mass is 10.2. The van der Waals surface area contributed by atoms with Gasteiger partial charge in [-0.3, -0.25) is 0 Å². The maximum atomic E-state index is 11.2. The molecule has 2 N–H and O–H groups in total. The van der Waals surface area contributed by atoms with Crippen LogP contribution in [0.15, 0.2) is 54.7 Å². The number of aromatic nitrogens is 4. The Morgan fingerprint density at radius 3 is 2.67 bits per heavy atom. The number of carboxylic acid groups (broad SMARTS) is 1. The van der Waals surface area contributed by atoms with Crippen LogP contribution in [-0.2, 0) is 0 Å². The summed E-state index contributed by atoms with van der Waals surface area (Å²) in [6.07, 6.45) is 3.23. The number of hydrogen-bond donors (Lipinski definition) is 2. The molecule has 3 aromatic rings. The number of hydrogen-bond acceptors (Lipinski definition) is 5. The number of aromatic carboxylic acids is 1. The fourth-order valence-corrected chi connectivity index (χ4v) is 2.19. The van der Waals surface area contributed by atoms with Gasteiger partial charge in [0.1, 0.15) is 0 Å². The Bertz CT molecular complexity index is 889. The standard InChI is InChI=1S/C16H12ClN5O2/c17-11-5-7-12(8-6-11)22-15(19-20-21-22)9-10-18-14-4-2-1-3-13(14)16(23)24/h1-10,18H,(H,23,24). The van der Waals surface area contributed by atoms with E-state index in [1.54, 1.807) is 54.7 Å². The van der Waals surface area contributed by atoms with Gasteiger partial charge in [-0.25, -0.2) is 4.79 Å². The molecule has 0 fully saturated rings. The molecule has 0 aliphatic heterocycles. The number of carboxylic acids is 1. The van der Waals surface area contributed by atoms with E-state index in [2.05, 4.69) is 20.8 Å². The van der Waals surface area contributed by atoms with Gasteiger partial charge in [0, 0.05) is 17.3 Å². The predicted octanol–water partition coefficient (Wildman–Crippen LogP) is 3.10. The molecule has 0 aliphatic rings. The number of nitrogens with zero attached hydrogens (tertiary/aromatic N) is 4. The Morgan fingerprint density at radius 1 is 1.17 bits per heavy atom. The van der Waals surface area contributed by atoms with Crippen LogP contribution in [0, 0.1) is 0 Å². The molecule has 1 heterocycles. The Kier molecular flexibility index (Phi) is 4.53. The van der Waals surface area contributed by atoms with E-state index in [0.717, 1.165) is 5.69 Å². The van der Waals surface area contributed by atoms with Gasteiger partial charge >= 0.3 is 5.97 Å². The fourth-order valence-electron chi connectivity index (χ4n) is 2.07. The topological polar surface area (TPSA) is 92.9 Å². The molecule has 0 saturated carbocycles. The molecule has 24 heavy (non-hydrogen) atoms. The minimum atomic E-state index is -1.00. The van der Waals surface area contributed by atoms with E-state index < -0.39 is 5.97 Å². The molecule has 0 aliphatic carbocycles. The Balaban J connectivity index is 1.81. The SMILES string of the molecule is O=C(O)c1ccccc1NC=Cc1nnnn1-c1ccc(Cl)cc1. The van der Waals surface area contributed by atoms with Crippen LogP contribution in [0.2, 0.25) is 5.02 Å². The number of tetrazole rings is 1. The Labute approximate surface area is 142 Å². The lowest BCUT2D eigenvalue weighted by molar-refractivity contribution is 0.0698. The van der Waals surface area contributed by atoms with E-state index in [0.29, 0.717) is 16.5 Å². The molecule has 0 radical (unpaired) electrons. The molecule has 0 saturated heterocycles. The molecular weight excluding hydrogens is 330 g/mol. The number of halogens is 1. The van der Waals surface area contributed by atoms with Gasteiger partial charge in [0.25, 0.3) is 0 Å².